The summed E-state index contributed by atoms with van der Waals surface area (Å²) in [5.74, 6) is -0.191. The molecule has 9 heteroatoms. The number of aromatic nitrogens is 1. The van der Waals surface area contributed by atoms with Crippen LogP contribution in [0.3, 0.4) is 0 Å². The highest BCUT2D eigenvalue weighted by molar-refractivity contribution is 6.35. The van der Waals surface area contributed by atoms with Crippen LogP contribution >= 0.6 is 11.6 Å². The number of piperazine rings is 1. The van der Waals surface area contributed by atoms with Crippen LogP contribution in [0.1, 0.15) is 37.0 Å². The summed E-state index contributed by atoms with van der Waals surface area (Å²) in [4.78, 5) is 36.5. The molecule has 0 N–H and O–H groups in total. The molecule has 0 saturated carbocycles. The first-order valence-electron chi connectivity index (χ1n) is 11.8. The highest BCUT2D eigenvalue weighted by Gasteiger charge is 2.43. The van der Waals surface area contributed by atoms with Crippen molar-refractivity contribution in [2.45, 2.75) is 38.3 Å². The molecule has 4 heterocycles. The number of fused-ring (bicyclic) bond motifs is 2. The normalized spacial score (nSPS) is 21.2. The van der Waals surface area contributed by atoms with E-state index in [2.05, 4.69) is 25.3 Å². The molecule has 0 unspecified atom stereocenters. The number of hydrogen-bond acceptors (Lipinski definition) is 5. The quantitative estimate of drug-likeness (QED) is 0.595. The summed E-state index contributed by atoms with van der Waals surface area (Å²) >= 11 is 6.80. The van der Waals surface area contributed by atoms with Gasteiger partial charge in [0.1, 0.15) is 28.8 Å². The SMILES string of the molecule is C=CC(=O)N1CCN2C(=O)c3c(N4CCCC4(C)C)nc(-c4ccccc4F)c(Cl)c3OC[C@H]2C1. The van der Waals surface area contributed by atoms with Crippen molar-refractivity contribution in [2.24, 2.45) is 0 Å². The second kappa shape index (κ2) is 8.82. The lowest BCUT2D eigenvalue weighted by atomic mass is 10.0. The Morgan fingerprint density at radius 3 is 2.74 bits per heavy atom. The molecule has 1 aromatic carbocycles. The molecule has 7 nitrogen and oxygen atoms in total. The van der Waals surface area contributed by atoms with Crippen LogP contribution in [0.4, 0.5) is 10.2 Å². The number of ether oxygens (including phenoxy) is 1. The van der Waals surface area contributed by atoms with Crippen molar-refractivity contribution in [3.63, 3.8) is 0 Å². The summed E-state index contributed by atoms with van der Waals surface area (Å²) < 4.78 is 21.0. The van der Waals surface area contributed by atoms with Gasteiger partial charge in [-0.2, -0.15) is 0 Å². The average molecular weight is 499 g/mol. The van der Waals surface area contributed by atoms with E-state index in [9.17, 15) is 14.0 Å². The van der Waals surface area contributed by atoms with Crippen LogP contribution in [0.5, 0.6) is 5.75 Å². The lowest BCUT2D eigenvalue weighted by molar-refractivity contribution is -0.128. The molecular formula is C26H28ClFN4O3. The fourth-order valence-electron chi connectivity index (χ4n) is 5.30. The summed E-state index contributed by atoms with van der Waals surface area (Å²) in [6, 6.07) is 5.96. The standard InChI is InChI=1S/C26H28ClFN4O3/c1-4-19(33)30-12-13-31-16(14-30)15-35-23-20(25(31)34)24(32-11-7-10-26(32,2)3)29-22(21(23)27)17-8-5-6-9-18(17)28/h4-6,8-9,16H,1,7,10-15H2,2-3H3/t16-/m1/s1. The van der Waals surface area contributed by atoms with E-state index in [1.807, 2.05) is 0 Å². The number of amides is 2. The van der Waals surface area contributed by atoms with Gasteiger partial charge < -0.3 is 19.4 Å². The third-order valence-electron chi connectivity index (χ3n) is 7.23. The Bertz CT molecular complexity index is 1220. The summed E-state index contributed by atoms with van der Waals surface area (Å²) in [5.41, 5.74) is 0.551. The number of pyridine rings is 1. The first kappa shape index (κ1) is 23.6. The third kappa shape index (κ3) is 3.93. The molecule has 3 aliphatic rings. The molecule has 5 rings (SSSR count). The fourth-order valence-corrected chi connectivity index (χ4v) is 5.60. The van der Waals surface area contributed by atoms with Gasteiger partial charge in [0.2, 0.25) is 5.91 Å². The average Bonchev–Trinajstić information content (AvgIpc) is 3.13. The molecule has 2 fully saturated rings. The van der Waals surface area contributed by atoms with Crippen molar-refractivity contribution >= 4 is 29.2 Å². The van der Waals surface area contributed by atoms with Crippen LogP contribution in [0.15, 0.2) is 36.9 Å². The van der Waals surface area contributed by atoms with Crippen LogP contribution < -0.4 is 9.64 Å². The van der Waals surface area contributed by atoms with Crippen molar-refractivity contribution in [2.75, 3.05) is 37.7 Å². The molecule has 2 aromatic rings. The maximum absolute atomic E-state index is 14.8. The zero-order valence-corrected chi connectivity index (χ0v) is 20.6. The van der Waals surface area contributed by atoms with Crippen LogP contribution in [0, 0.1) is 5.82 Å². The molecule has 2 amide bonds. The van der Waals surface area contributed by atoms with E-state index >= 15 is 0 Å². The smallest absolute Gasteiger partial charge is 0.261 e. The van der Waals surface area contributed by atoms with E-state index in [-0.39, 0.29) is 52.0 Å². The Labute approximate surface area is 209 Å². The first-order chi connectivity index (χ1) is 16.7. The Hall–Kier alpha value is -3.13. The highest BCUT2D eigenvalue weighted by atomic mass is 35.5. The number of rotatable bonds is 3. The van der Waals surface area contributed by atoms with Gasteiger partial charge in [-0.15, -0.1) is 0 Å². The molecule has 0 spiro atoms. The maximum Gasteiger partial charge on any atom is 0.261 e. The fraction of sp³-hybridized carbons (Fsp3) is 0.423. The summed E-state index contributed by atoms with van der Waals surface area (Å²) in [6.45, 7) is 9.75. The van der Waals surface area contributed by atoms with E-state index < -0.39 is 5.82 Å². The molecule has 184 valence electrons. The molecule has 1 atom stereocenters. The van der Waals surface area contributed by atoms with E-state index in [1.54, 1.807) is 28.0 Å². The number of halogens is 2. The topological polar surface area (TPSA) is 66.0 Å². The van der Waals surface area contributed by atoms with Crippen molar-refractivity contribution in [3.8, 4) is 17.0 Å². The zero-order chi connectivity index (χ0) is 24.9. The number of carbonyl (C=O) groups is 2. The van der Waals surface area contributed by atoms with Crippen LogP contribution in [0.2, 0.25) is 5.02 Å². The number of nitrogens with zero attached hydrogens (tertiary/aromatic N) is 4. The number of carbonyl (C=O) groups excluding carboxylic acids is 2. The summed E-state index contributed by atoms with van der Waals surface area (Å²) in [7, 11) is 0. The molecule has 0 bridgehead atoms. The van der Waals surface area contributed by atoms with Crippen LogP contribution in [-0.4, -0.2) is 71.0 Å². The summed E-state index contributed by atoms with van der Waals surface area (Å²) in [5, 5.41) is 0.109. The Morgan fingerprint density at radius 1 is 1.29 bits per heavy atom. The van der Waals surface area contributed by atoms with Crippen LogP contribution in [0.25, 0.3) is 11.3 Å². The number of benzene rings is 1. The lowest BCUT2D eigenvalue weighted by Crippen LogP contribution is -2.57. The van der Waals surface area contributed by atoms with Gasteiger partial charge in [-0.05, 0) is 44.9 Å². The lowest BCUT2D eigenvalue weighted by Gasteiger charge is -2.40. The van der Waals surface area contributed by atoms with Crippen molar-refractivity contribution in [3.05, 3.63) is 53.3 Å². The largest absolute Gasteiger partial charge is 0.489 e. The maximum atomic E-state index is 14.8. The second-order valence-corrected chi connectivity index (χ2v) is 10.2. The minimum atomic E-state index is -0.454. The molecule has 1 aromatic heterocycles. The van der Waals surface area contributed by atoms with Crippen molar-refractivity contribution in [1.82, 2.24) is 14.8 Å². The Morgan fingerprint density at radius 2 is 2.06 bits per heavy atom. The Kier molecular flexibility index (Phi) is 5.95. The molecular weight excluding hydrogens is 471 g/mol. The predicted molar refractivity (Wildman–Crippen MR) is 132 cm³/mol. The number of anilines is 1. The third-order valence-corrected chi connectivity index (χ3v) is 7.58. The van der Waals surface area contributed by atoms with Gasteiger partial charge in [-0.3, -0.25) is 9.59 Å². The molecule has 35 heavy (non-hydrogen) atoms. The Balaban J connectivity index is 1.67. The highest BCUT2D eigenvalue weighted by Crippen LogP contribution is 2.46. The van der Waals surface area contributed by atoms with E-state index in [1.165, 1.54) is 12.1 Å². The second-order valence-electron chi connectivity index (χ2n) is 9.80. The molecule has 0 radical (unpaired) electrons. The minimum Gasteiger partial charge on any atom is -0.489 e. The van der Waals surface area contributed by atoms with Gasteiger partial charge in [-0.25, -0.2) is 9.37 Å². The van der Waals surface area contributed by atoms with E-state index in [0.717, 1.165) is 12.8 Å². The monoisotopic (exact) mass is 498 g/mol. The zero-order valence-electron chi connectivity index (χ0n) is 19.9. The molecule has 3 aliphatic heterocycles. The van der Waals surface area contributed by atoms with Crippen LogP contribution in [-0.2, 0) is 4.79 Å². The molecule has 0 aliphatic carbocycles. The van der Waals surface area contributed by atoms with Gasteiger partial charge in [0.25, 0.3) is 5.91 Å². The van der Waals surface area contributed by atoms with E-state index in [0.29, 0.717) is 37.6 Å². The van der Waals surface area contributed by atoms with Gasteiger partial charge in [0, 0.05) is 37.3 Å². The predicted octanol–water partition coefficient (Wildman–Crippen LogP) is 4.15. The van der Waals surface area contributed by atoms with Gasteiger partial charge in [0.15, 0.2) is 5.75 Å². The first-order valence-corrected chi connectivity index (χ1v) is 12.2. The van der Waals surface area contributed by atoms with Crippen molar-refractivity contribution < 1.29 is 18.7 Å². The van der Waals surface area contributed by atoms with Gasteiger partial charge >= 0.3 is 0 Å². The van der Waals surface area contributed by atoms with Gasteiger partial charge in [0.05, 0.1) is 11.7 Å². The van der Waals surface area contributed by atoms with Crippen molar-refractivity contribution in [1.29, 1.82) is 0 Å². The minimum absolute atomic E-state index is 0.109. The molecule has 2 saturated heterocycles. The van der Waals surface area contributed by atoms with E-state index in [4.69, 9.17) is 21.3 Å². The summed E-state index contributed by atoms with van der Waals surface area (Å²) in [6.07, 6.45) is 3.15. The van der Waals surface area contributed by atoms with Gasteiger partial charge in [-0.1, -0.05) is 30.3 Å². The number of hydrogen-bond donors (Lipinski definition) is 0.